The third-order valence-electron chi connectivity index (χ3n) is 3.52. The van der Waals surface area contributed by atoms with E-state index in [1.54, 1.807) is 14.2 Å². The fourth-order valence-electron chi connectivity index (χ4n) is 2.56. The highest BCUT2D eigenvalue weighted by atomic mass is 35.5. The molecule has 0 aliphatic heterocycles. The van der Waals surface area contributed by atoms with Gasteiger partial charge in [-0.1, -0.05) is 0 Å². The fraction of sp³-hybridized carbons (Fsp3) is 1.00. The van der Waals surface area contributed by atoms with E-state index in [1.807, 2.05) is 0 Å². The van der Waals surface area contributed by atoms with E-state index in [0.29, 0.717) is 5.92 Å². The van der Waals surface area contributed by atoms with E-state index in [9.17, 15) is 0 Å². The molecule has 0 N–H and O–H groups in total. The van der Waals surface area contributed by atoms with Crippen molar-refractivity contribution in [3.63, 3.8) is 0 Å². The minimum Gasteiger partial charge on any atom is -0.380 e. The zero-order valence-corrected chi connectivity index (χ0v) is 13.1. The molecule has 1 saturated carbocycles. The Bertz CT molecular complexity index is 204. The summed E-state index contributed by atoms with van der Waals surface area (Å²) >= 11 is 11.5. The van der Waals surface area contributed by atoms with Crippen molar-refractivity contribution in [1.29, 1.82) is 0 Å². The van der Waals surface area contributed by atoms with Crippen LogP contribution in [0, 0.1) is 5.92 Å². The lowest BCUT2D eigenvalue weighted by atomic mass is 9.99. The minimum absolute atomic E-state index is 0.00641. The standard InChI is InChI=1S/C10H20Cl2O2Si/c1-13-9-7(3-4-8(11)12)5-6-10(9,15)14-2/h7-9H,3-6H2,1-2,15H3. The van der Waals surface area contributed by atoms with Crippen molar-refractivity contribution in [2.75, 3.05) is 14.2 Å². The smallest absolute Gasteiger partial charge is 0.107 e. The van der Waals surface area contributed by atoms with Crippen LogP contribution in [0.2, 0.25) is 0 Å². The van der Waals surface area contributed by atoms with Gasteiger partial charge in [0.15, 0.2) is 0 Å². The molecule has 0 amide bonds. The Morgan fingerprint density at radius 1 is 1.47 bits per heavy atom. The number of methoxy groups -OCH3 is 2. The van der Waals surface area contributed by atoms with Crippen LogP contribution in [0.1, 0.15) is 25.7 Å². The van der Waals surface area contributed by atoms with E-state index >= 15 is 0 Å². The summed E-state index contributed by atoms with van der Waals surface area (Å²) in [6, 6.07) is 0. The predicted octanol–water partition coefficient (Wildman–Crippen LogP) is 1.70. The lowest BCUT2D eigenvalue weighted by Crippen LogP contribution is -2.43. The molecule has 3 unspecified atom stereocenters. The molecule has 0 heterocycles. The van der Waals surface area contributed by atoms with E-state index in [1.165, 1.54) is 0 Å². The fourth-order valence-corrected chi connectivity index (χ4v) is 3.81. The largest absolute Gasteiger partial charge is 0.380 e. The third kappa shape index (κ3) is 3.33. The quantitative estimate of drug-likeness (QED) is 0.560. The van der Waals surface area contributed by atoms with Crippen LogP contribution < -0.4 is 0 Å². The number of ether oxygens (including phenoxy) is 2. The van der Waals surface area contributed by atoms with Gasteiger partial charge in [-0.3, -0.25) is 0 Å². The normalized spacial score (nSPS) is 36.6. The van der Waals surface area contributed by atoms with Crippen LogP contribution in [-0.2, 0) is 9.47 Å². The van der Waals surface area contributed by atoms with E-state index in [-0.39, 0.29) is 16.2 Å². The first-order valence-electron chi connectivity index (χ1n) is 5.39. The first-order chi connectivity index (χ1) is 7.03. The Morgan fingerprint density at radius 2 is 2.13 bits per heavy atom. The van der Waals surface area contributed by atoms with Crippen molar-refractivity contribution < 1.29 is 9.47 Å². The van der Waals surface area contributed by atoms with Crippen LogP contribution in [0.5, 0.6) is 0 Å². The zero-order valence-electron chi connectivity index (χ0n) is 9.63. The highest BCUT2D eigenvalue weighted by Crippen LogP contribution is 2.39. The highest BCUT2D eigenvalue weighted by molar-refractivity contribution is 6.44. The molecule has 15 heavy (non-hydrogen) atoms. The van der Waals surface area contributed by atoms with Gasteiger partial charge in [0.2, 0.25) is 0 Å². The second-order valence-electron chi connectivity index (χ2n) is 4.44. The monoisotopic (exact) mass is 270 g/mol. The second-order valence-corrected chi connectivity index (χ2v) is 7.41. The van der Waals surface area contributed by atoms with Crippen molar-refractivity contribution in [3.8, 4) is 0 Å². The molecule has 0 bridgehead atoms. The van der Waals surface area contributed by atoms with Gasteiger partial charge >= 0.3 is 0 Å². The number of alkyl halides is 2. The Morgan fingerprint density at radius 3 is 2.60 bits per heavy atom. The number of rotatable bonds is 5. The summed E-state index contributed by atoms with van der Waals surface area (Å²) in [5, 5.41) is -0.00641. The molecule has 1 rings (SSSR count). The summed E-state index contributed by atoms with van der Waals surface area (Å²) in [5.41, 5.74) is 0. The molecule has 0 radical (unpaired) electrons. The molecular formula is C10H20Cl2O2Si. The van der Waals surface area contributed by atoms with Gasteiger partial charge in [0, 0.05) is 24.5 Å². The van der Waals surface area contributed by atoms with Gasteiger partial charge in [-0.25, -0.2) is 0 Å². The van der Waals surface area contributed by atoms with Crippen LogP contribution in [0.15, 0.2) is 0 Å². The lowest BCUT2D eigenvalue weighted by molar-refractivity contribution is -0.0617. The van der Waals surface area contributed by atoms with Crippen LogP contribution in [0.25, 0.3) is 0 Å². The number of halogens is 2. The van der Waals surface area contributed by atoms with Crippen molar-refractivity contribution >= 4 is 33.4 Å². The van der Waals surface area contributed by atoms with Crippen LogP contribution >= 0.6 is 23.2 Å². The molecule has 0 spiro atoms. The zero-order chi connectivity index (χ0) is 11.5. The molecule has 2 nitrogen and oxygen atoms in total. The van der Waals surface area contributed by atoms with Crippen LogP contribution in [0.3, 0.4) is 0 Å². The van der Waals surface area contributed by atoms with Crippen molar-refractivity contribution in [3.05, 3.63) is 0 Å². The van der Waals surface area contributed by atoms with E-state index in [2.05, 4.69) is 0 Å². The Labute approximate surface area is 105 Å². The first-order valence-corrected chi connectivity index (χ1v) is 7.27. The average molecular weight is 271 g/mol. The Balaban J connectivity index is 2.53. The summed E-state index contributed by atoms with van der Waals surface area (Å²) in [5.74, 6) is 0.549. The van der Waals surface area contributed by atoms with Gasteiger partial charge in [-0.05, 0) is 31.6 Å². The van der Waals surface area contributed by atoms with Gasteiger partial charge in [0.1, 0.15) is 4.84 Å². The van der Waals surface area contributed by atoms with Gasteiger partial charge in [-0.15, -0.1) is 23.2 Å². The van der Waals surface area contributed by atoms with E-state index in [0.717, 1.165) is 35.9 Å². The first kappa shape index (κ1) is 13.8. The van der Waals surface area contributed by atoms with Crippen LogP contribution in [0.4, 0.5) is 0 Å². The summed E-state index contributed by atoms with van der Waals surface area (Å²) in [6.45, 7) is 0. The summed E-state index contributed by atoms with van der Waals surface area (Å²) in [7, 11) is 4.56. The van der Waals surface area contributed by atoms with Crippen molar-refractivity contribution in [1.82, 2.24) is 0 Å². The predicted molar refractivity (Wildman–Crippen MR) is 67.9 cm³/mol. The molecule has 0 aromatic rings. The van der Waals surface area contributed by atoms with Crippen LogP contribution in [-0.4, -0.2) is 40.6 Å². The molecule has 5 heteroatoms. The molecule has 0 aromatic heterocycles. The Kier molecular flexibility index (Phi) is 5.39. The number of hydrogen-bond acceptors (Lipinski definition) is 2. The van der Waals surface area contributed by atoms with Gasteiger partial charge in [0.25, 0.3) is 0 Å². The van der Waals surface area contributed by atoms with Gasteiger partial charge in [-0.2, -0.15) is 0 Å². The molecule has 1 aliphatic rings. The summed E-state index contributed by atoms with van der Waals surface area (Å²) in [4.78, 5) is -0.255. The van der Waals surface area contributed by atoms with Gasteiger partial charge < -0.3 is 9.47 Å². The highest BCUT2D eigenvalue weighted by Gasteiger charge is 2.45. The lowest BCUT2D eigenvalue weighted by Gasteiger charge is -2.32. The average Bonchev–Trinajstić information content (AvgIpc) is 2.53. The van der Waals surface area contributed by atoms with Crippen molar-refractivity contribution in [2.45, 2.75) is 41.8 Å². The summed E-state index contributed by atoms with van der Waals surface area (Å²) < 4.78 is 11.2. The maximum Gasteiger partial charge on any atom is 0.107 e. The molecule has 0 aromatic carbocycles. The van der Waals surface area contributed by atoms with Gasteiger partial charge in [0.05, 0.1) is 11.3 Å². The summed E-state index contributed by atoms with van der Waals surface area (Å²) in [6.07, 6.45) is 4.37. The second kappa shape index (κ2) is 5.87. The molecule has 1 fully saturated rings. The number of hydrogen-bond donors (Lipinski definition) is 0. The minimum atomic E-state index is -0.255. The molecule has 0 saturated heterocycles. The maximum atomic E-state index is 5.75. The van der Waals surface area contributed by atoms with Crippen molar-refractivity contribution in [2.24, 2.45) is 5.92 Å². The molecule has 1 aliphatic carbocycles. The molecule has 90 valence electrons. The third-order valence-corrected chi connectivity index (χ3v) is 5.43. The SMILES string of the molecule is COC1C(CCC(Cl)Cl)CCC1([SiH3])OC. The van der Waals surface area contributed by atoms with E-state index < -0.39 is 0 Å². The molecular weight excluding hydrogens is 251 g/mol. The Hall–Kier alpha value is 0.717. The molecule has 3 atom stereocenters. The van der Waals surface area contributed by atoms with E-state index in [4.69, 9.17) is 32.7 Å². The topological polar surface area (TPSA) is 18.5 Å². The maximum absolute atomic E-state index is 5.75.